The van der Waals surface area contributed by atoms with Crippen molar-refractivity contribution in [3.05, 3.63) is 36.4 Å². The van der Waals surface area contributed by atoms with Gasteiger partial charge in [-0.3, -0.25) is 9.59 Å². The molecule has 1 aliphatic rings. The Bertz CT molecular complexity index is 1040. The molecule has 2 amide bonds. The second-order valence-corrected chi connectivity index (χ2v) is 7.65. The molecule has 1 aliphatic carbocycles. The highest BCUT2D eigenvalue weighted by molar-refractivity contribution is 5.97. The van der Waals surface area contributed by atoms with Crippen LogP contribution in [0.4, 0.5) is 24.8 Å². The topological polar surface area (TPSA) is 104 Å². The molecule has 7 nitrogen and oxygen atoms in total. The maximum Gasteiger partial charge on any atom is 0.573 e. The molecule has 0 bridgehead atoms. The molecule has 1 fully saturated rings. The van der Waals surface area contributed by atoms with Crippen LogP contribution in [-0.4, -0.2) is 23.2 Å². The number of benzene rings is 1. The second-order valence-electron chi connectivity index (χ2n) is 7.65. The van der Waals surface area contributed by atoms with Crippen LogP contribution in [0.1, 0.15) is 26.7 Å². The van der Waals surface area contributed by atoms with Gasteiger partial charge in [-0.2, -0.15) is 5.26 Å². The lowest BCUT2D eigenvalue weighted by atomic mass is 9.95. The van der Waals surface area contributed by atoms with Crippen LogP contribution in [0, 0.1) is 22.7 Å². The van der Waals surface area contributed by atoms with Crippen LogP contribution >= 0.6 is 0 Å². The van der Waals surface area contributed by atoms with E-state index in [1.54, 1.807) is 6.07 Å². The number of nitriles is 1. The number of carbonyl (C=O) groups is 2. The number of hydrogen-bond acceptors (Lipinski definition) is 5. The molecule has 0 spiro atoms. The first kappa shape index (κ1) is 22.1. The van der Waals surface area contributed by atoms with Gasteiger partial charge in [-0.1, -0.05) is 12.1 Å². The minimum atomic E-state index is -4.80. The van der Waals surface area contributed by atoms with Crippen LogP contribution < -0.4 is 15.4 Å². The van der Waals surface area contributed by atoms with Gasteiger partial charge in [0.25, 0.3) is 0 Å². The van der Waals surface area contributed by atoms with Gasteiger partial charge in [0, 0.05) is 5.92 Å². The lowest BCUT2D eigenvalue weighted by Gasteiger charge is -2.16. The number of rotatable bonds is 6. The SMILES string of the molecule is CC(C)(C#N)C(=O)Nc1cc(-c2ccc(OC(F)(F)F)cc2)cc(NC(=O)C2CC2)n1. The molecule has 31 heavy (non-hydrogen) atoms. The predicted octanol–water partition coefficient (Wildman–Crippen LogP) is 4.48. The molecule has 0 atom stereocenters. The van der Waals surface area contributed by atoms with E-state index >= 15 is 0 Å². The molecule has 0 radical (unpaired) electrons. The molecule has 1 saturated carbocycles. The Morgan fingerprint density at radius 1 is 1.06 bits per heavy atom. The zero-order chi connectivity index (χ0) is 22.8. The number of pyridine rings is 1. The first-order valence-electron chi connectivity index (χ1n) is 9.39. The summed E-state index contributed by atoms with van der Waals surface area (Å²) in [5.74, 6) is -0.986. The highest BCUT2D eigenvalue weighted by atomic mass is 19.4. The maximum atomic E-state index is 12.4. The van der Waals surface area contributed by atoms with Crippen molar-refractivity contribution >= 4 is 23.5 Å². The fourth-order valence-corrected chi connectivity index (χ4v) is 2.57. The second kappa shape index (κ2) is 8.26. The van der Waals surface area contributed by atoms with E-state index in [4.69, 9.17) is 5.26 Å². The molecule has 0 aliphatic heterocycles. The normalized spacial score (nSPS) is 13.8. The van der Waals surface area contributed by atoms with E-state index in [-0.39, 0.29) is 29.2 Å². The van der Waals surface area contributed by atoms with Crippen molar-refractivity contribution in [3.63, 3.8) is 0 Å². The first-order valence-corrected chi connectivity index (χ1v) is 9.39. The van der Waals surface area contributed by atoms with Crippen molar-refractivity contribution in [1.29, 1.82) is 5.26 Å². The predicted molar refractivity (Wildman–Crippen MR) is 106 cm³/mol. The summed E-state index contributed by atoms with van der Waals surface area (Å²) in [6.07, 6.45) is -3.23. The van der Waals surface area contributed by atoms with Gasteiger partial charge in [0.1, 0.15) is 22.8 Å². The van der Waals surface area contributed by atoms with E-state index in [1.165, 1.54) is 32.0 Å². The Kier molecular flexibility index (Phi) is 5.88. The minimum absolute atomic E-state index is 0.0835. The summed E-state index contributed by atoms with van der Waals surface area (Å²) >= 11 is 0. The Labute approximate surface area is 176 Å². The Balaban J connectivity index is 1.91. The monoisotopic (exact) mass is 432 g/mol. The van der Waals surface area contributed by atoms with E-state index < -0.39 is 17.7 Å². The zero-order valence-corrected chi connectivity index (χ0v) is 16.7. The van der Waals surface area contributed by atoms with E-state index in [0.717, 1.165) is 25.0 Å². The summed E-state index contributed by atoms with van der Waals surface area (Å²) in [6.45, 7) is 2.89. The van der Waals surface area contributed by atoms with E-state index in [9.17, 15) is 22.8 Å². The van der Waals surface area contributed by atoms with E-state index in [1.807, 2.05) is 6.07 Å². The molecule has 2 N–H and O–H groups in total. The summed E-state index contributed by atoms with van der Waals surface area (Å²) in [7, 11) is 0. The van der Waals surface area contributed by atoms with Gasteiger partial charge in [0.05, 0.1) is 6.07 Å². The number of amides is 2. The highest BCUT2D eigenvalue weighted by Crippen LogP contribution is 2.32. The summed E-state index contributed by atoms with van der Waals surface area (Å²) in [6, 6.07) is 10.1. The number of hydrogen-bond donors (Lipinski definition) is 2. The molecule has 10 heteroatoms. The third-order valence-electron chi connectivity index (χ3n) is 4.53. The third kappa shape index (κ3) is 5.94. The van der Waals surface area contributed by atoms with Crippen molar-refractivity contribution in [2.24, 2.45) is 11.3 Å². The summed E-state index contributed by atoms with van der Waals surface area (Å²) in [4.78, 5) is 28.7. The summed E-state index contributed by atoms with van der Waals surface area (Å²) < 4.78 is 41.0. The molecule has 2 aromatic rings. The number of nitrogens with zero attached hydrogens (tertiary/aromatic N) is 2. The average Bonchev–Trinajstić information content (AvgIpc) is 3.52. The fraction of sp³-hybridized carbons (Fsp3) is 0.333. The van der Waals surface area contributed by atoms with E-state index in [0.29, 0.717) is 11.1 Å². The molecule has 0 saturated heterocycles. The number of aromatic nitrogens is 1. The Morgan fingerprint density at radius 3 is 2.16 bits per heavy atom. The minimum Gasteiger partial charge on any atom is -0.406 e. The van der Waals surface area contributed by atoms with Gasteiger partial charge in [-0.05, 0) is 62.1 Å². The number of carbonyl (C=O) groups excluding carboxylic acids is 2. The summed E-state index contributed by atoms with van der Waals surface area (Å²) in [5.41, 5.74) is -0.315. The first-order chi connectivity index (χ1) is 14.5. The quantitative estimate of drug-likeness (QED) is 0.700. The Hall–Kier alpha value is -3.61. The lowest BCUT2D eigenvalue weighted by Crippen LogP contribution is -2.29. The maximum absolute atomic E-state index is 12.4. The lowest BCUT2D eigenvalue weighted by molar-refractivity contribution is -0.274. The molecule has 1 heterocycles. The third-order valence-corrected chi connectivity index (χ3v) is 4.53. The molecule has 3 rings (SSSR count). The van der Waals surface area contributed by atoms with Crippen LogP contribution in [0.2, 0.25) is 0 Å². The van der Waals surface area contributed by atoms with Crippen molar-refractivity contribution in [2.75, 3.05) is 10.6 Å². The van der Waals surface area contributed by atoms with Gasteiger partial charge in [0.15, 0.2) is 0 Å². The van der Waals surface area contributed by atoms with Gasteiger partial charge in [-0.25, -0.2) is 4.98 Å². The van der Waals surface area contributed by atoms with Crippen molar-refractivity contribution in [2.45, 2.75) is 33.1 Å². The van der Waals surface area contributed by atoms with E-state index in [2.05, 4.69) is 20.4 Å². The van der Waals surface area contributed by atoms with Crippen LogP contribution in [0.5, 0.6) is 5.75 Å². The van der Waals surface area contributed by atoms with Gasteiger partial charge in [0.2, 0.25) is 11.8 Å². The van der Waals surface area contributed by atoms with Crippen molar-refractivity contribution < 1.29 is 27.5 Å². The van der Waals surface area contributed by atoms with Crippen LogP contribution in [0.3, 0.4) is 0 Å². The molecule has 1 aromatic carbocycles. The van der Waals surface area contributed by atoms with Crippen LogP contribution in [0.25, 0.3) is 11.1 Å². The van der Waals surface area contributed by atoms with Gasteiger partial charge >= 0.3 is 6.36 Å². The molecule has 1 aromatic heterocycles. The van der Waals surface area contributed by atoms with Crippen LogP contribution in [-0.2, 0) is 9.59 Å². The highest BCUT2D eigenvalue weighted by Gasteiger charge is 2.32. The van der Waals surface area contributed by atoms with Crippen LogP contribution in [0.15, 0.2) is 36.4 Å². The molecular formula is C21H19F3N4O3. The number of ether oxygens (including phenoxy) is 1. The number of nitrogens with one attached hydrogen (secondary N) is 2. The smallest absolute Gasteiger partial charge is 0.406 e. The fourth-order valence-electron chi connectivity index (χ4n) is 2.57. The van der Waals surface area contributed by atoms with Crippen molar-refractivity contribution in [3.8, 4) is 22.9 Å². The summed E-state index contributed by atoms with van der Waals surface area (Å²) in [5, 5.41) is 14.4. The number of alkyl halides is 3. The Morgan fingerprint density at radius 2 is 1.65 bits per heavy atom. The molecular weight excluding hydrogens is 413 g/mol. The van der Waals surface area contributed by atoms with Crippen molar-refractivity contribution in [1.82, 2.24) is 4.98 Å². The number of halogens is 3. The zero-order valence-electron chi connectivity index (χ0n) is 16.7. The largest absolute Gasteiger partial charge is 0.573 e. The van der Waals surface area contributed by atoms with Gasteiger partial charge < -0.3 is 15.4 Å². The van der Waals surface area contributed by atoms with Gasteiger partial charge in [-0.15, -0.1) is 13.2 Å². The molecule has 0 unspecified atom stereocenters. The standard InChI is InChI=1S/C21H19F3N4O3/c1-20(2,11-25)19(30)28-17-10-14(9-16(26-17)27-18(29)13-3-4-13)12-5-7-15(8-6-12)31-21(22,23)24/h5-10,13H,3-4H2,1-2H3,(H2,26,27,28,29,30). The molecule has 162 valence electrons. The number of anilines is 2. The average molecular weight is 432 g/mol.